The number of hydrogen-bond acceptors (Lipinski definition) is 6. The fourth-order valence-electron chi connectivity index (χ4n) is 8.18. The van der Waals surface area contributed by atoms with Crippen molar-refractivity contribution in [1.29, 1.82) is 0 Å². The van der Waals surface area contributed by atoms with Crippen molar-refractivity contribution < 1.29 is 34.1 Å². The molecule has 0 amide bonds. The lowest BCUT2D eigenvalue weighted by Crippen LogP contribution is -2.63. The number of carboxylic acids is 1. The molecule has 3 saturated carbocycles. The molecule has 5 rings (SSSR count). The fraction of sp³-hybridized carbons (Fsp3) is 0.792. The molecule has 4 fully saturated rings. The number of rotatable bonds is 4. The van der Waals surface area contributed by atoms with E-state index in [-0.39, 0.29) is 41.5 Å². The fourth-order valence-corrected chi connectivity index (χ4v) is 8.18. The van der Waals surface area contributed by atoms with Gasteiger partial charge in [0.05, 0.1) is 24.7 Å². The summed E-state index contributed by atoms with van der Waals surface area (Å²) < 4.78 is 11.3. The lowest BCUT2D eigenvalue weighted by atomic mass is 9.43. The van der Waals surface area contributed by atoms with E-state index in [0.717, 1.165) is 5.57 Å². The second-order valence-corrected chi connectivity index (χ2v) is 10.9. The number of ether oxygens (including phenoxy) is 2. The maximum Gasteiger partial charge on any atom is 0.307 e. The first-order valence-electron chi connectivity index (χ1n) is 11.5. The molecule has 170 valence electrons. The van der Waals surface area contributed by atoms with Crippen LogP contribution < -0.4 is 0 Å². The van der Waals surface area contributed by atoms with Crippen LogP contribution in [0.25, 0.3) is 0 Å². The molecule has 8 atom stereocenters. The highest BCUT2D eigenvalue weighted by atomic mass is 16.6. The number of ketones is 1. The van der Waals surface area contributed by atoms with Crippen LogP contribution in [0.2, 0.25) is 0 Å². The maximum atomic E-state index is 12.4. The van der Waals surface area contributed by atoms with Gasteiger partial charge in [0.25, 0.3) is 0 Å². The standard InChI is InChI=1S/C24H32O7/c1-21-7-4-14(25)10-13(21)11-15(20(27)28)19-16-5-8-23(29,9-6-18(26)30-3)22(16,2)12-17-24(19,21)31-17/h10,15-17,19,29H,4-9,11-12H2,1-3H3,(H,27,28)/t15-,16+,17-,19+,21+,22+,23+,24-/m1/s1. The van der Waals surface area contributed by atoms with E-state index in [2.05, 4.69) is 13.8 Å². The summed E-state index contributed by atoms with van der Waals surface area (Å²) in [4.78, 5) is 36.4. The molecule has 0 aromatic heterocycles. The van der Waals surface area contributed by atoms with Crippen LogP contribution in [-0.4, -0.2) is 52.4 Å². The number of methoxy groups -OCH3 is 1. The van der Waals surface area contributed by atoms with Gasteiger partial charge in [0.1, 0.15) is 5.60 Å². The van der Waals surface area contributed by atoms with E-state index in [1.165, 1.54) is 7.11 Å². The first-order chi connectivity index (χ1) is 14.5. The topological polar surface area (TPSA) is 113 Å². The molecule has 7 heteroatoms. The molecule has 1 saturated heterocycles. The smallest absolute Gasteiger partial charge is 0.307 e. The predicted molar refractivity (Wildman–Crippen MR) is 109 cm³/mol. The van der Waals surface area contributed by atoms with Gasteiger partial charge in [0.2, 0.25) is 0 Å². The van der Waals surface area contributed by atoms with Gasteiger partial charge < -0.3 is 19.7 Å². The lowest BCUT2D eigenvalue weighted by molar-refractivity contribution is -0.161. The summed E-state index contributed by atoms with van der Waals surface area (Å²) in [5.41, 5.74) is -1.55. The number of aliphatic carboxylic acids is 1. The Kier molecular flexibility index (Phi) is 4.37. The van der Waals surface area contributed by atoms with E-state index in [1.807, 2.05) is 0 Å². The Morgan fingerprint density at radius 3 is 2.71 bits per heavy atom. The van der Waals surface area contributed by atoms with E-state index in [4.69, 9.17) is 9.47 Å². The van der Waals surface area contributed by atoms with Crippen LogP contribution >= 0.6 is 0 Å². The minimum absolute atomic E-state index is 0.00833. The Bertz CT molecular complexity index is 894. The predicted octanol–water partition coefficient (Wildman–Crippen LogP) is 2.64. The van der Waals surface area contributed by atoms with Crippen LogP contribution in [0.5, 0.6) is 0 Å². The third-order valence-corrected chi connectivity index (χ3v) is 9.99. The second-order valence-electron chi connectivity index (χ2n) is 10.9. The number of hydrogen-bond donors (Lipinski definition) is 2. The average Bonchev–Trinajstić information content (AvgIpc) is 3.38. The summed E-state index contributed by atoms with van der Waals surface area (Å²) in [6.07, 6.45) is 5.44. The molecule has 0 unspecified atom stereocenters. The van der Waals surface area contributed by atoms with Crippen LogP contribution in [0.3, 0.4) is 0 Å². The van der Waals surface area contributed by atoms with Crippen molar-refractivity contribution in [2.45, 2.75) is 82.5 Å². The summed E-state index contributed by atoms with van der Waals surface area (Å²) >= 11 is 0. The third-order valence-electron chi connectivity index (χ3n) is 9.99. The second kappa shape index (κ2) is 6.41. The molecule has 5 aliphatic rings. The van der Waals surface area contributed by atoms with Gasteiger partial charge in [-0.3, -0.25) is 14.4 Å². The van der Waals surface area contributed by atoms with Gasteiger partial charge in [0, 0.05) is 29.6 Å². The van der Waals surface area contributed by atoms with Crippen LogP contribution in [-0.2, 0) is 23.9 Å². The van der Waals surface area contributed by atoms with Crippen molar-refractivity contribution in [1.82, 2.24) is 0 Å². The van der Waals surface area contributed by atoms with Crippen molar-refractivity contribution in [3.8, 4) is 0 Å². The Morgan fingerprint density at radius 2 is 2.03 bits per heavy atom. The van der Waals surface area contributed by atoms with E-state index >= 15 is 0 Å². The van der Waals surface area contributed by atoms with E-state index in [0.29, 0.717) is 44.9 Å². The molecule has 1 aliphatic heterocycles. The molecule has 0 radical (unpaired) electrons. The number of epoxide rings is 1. The van der Waals surface area contributed by atoms with Crippen molar-refractivity contribution >= 4 is 17.7 Å². The molecule has 0 bridgehead atoms. The Morgan fingerprint density at radius 1 is 1.29 bits per heavy atom. The number of carbonyl (C=O) groups excluding carboxylic acids is 2. The van der Waals surface area contributed by atoms with Crippen molar-refractivity contribution in [3.05, 3.63) is 11.6 Å². The van der Waals surface area contributed by atoms with Crippen molar-refractivity contribution in [3.63, 3.8) is 0 Å². The Labute approximate surface area is 182 Å². The van der Waals surface area contributed by atoms with Gasteiger partial charge in [-0.2, -0.15) is 0 Å². The van der Waals surface area contributed by atoms with Gasteiger partial charge in [-0.25, -0.2) is 0 Å². The minimum atomic E-state index is -1.05. The summed E-state index contributed by atoms with van der Waals surface area (Å²) in [6, 6.07) is 0. The van der Waals surface area contributed by atoms with Crippen LogP contribution in [0.1, 0.15) is 65.2 Å². The lowest BCUT2D eigenvalue weighted by Gasteiger charge is -2.58. The molecule has 4 aliphatic carbocycles. The number of esters is 1. The zero-order valence-corrected chi connectivity index (χ0v) is 18.5. The zero-order chi connectivity index (χ0) is 22.4. The highest BCUT2D eigenvalue weighted by Crippen LogP contribution is 2.77. The van der Waals surface area contributed by atoms with Crippen molar-refractivity contribution in [2.24, 2.45) is 28.6 Å². The van der Waals surface area contributed by atoms with E-state index in [1.54, 1.807) is 6.08 Å². The molecule has 0 aromatic rings. The monoisotopic (exact) mass is 432 g/mol. The van der Waals surface area contributed by atoms with E-state index in [9.17, 15) is 24.6 Å². The van der Waals surface area contributed by atoms with Gasteiger partial charge >= 0.3 is 11.9 Å². The van der Waals surface area contributed by atoms with Gasteiger partial charge in [-0.05, 0) is 50.5 Å². The summed E-state index contributed by atoms with van der Waals surface area (Å²) in [5.74, 6) is -1.98. The maximum absolute atomic E-state index is 12.4. The average molecular weight is 433 g/mol. The number of carbonyl (C=O) groups is 3. The highest BCUT2D eigenvalue weighted by Gasteiger charge is 2.82. The third kappa shape index (κ3) is 2.50. The zero-order valence-electron chi connectivity index (χ0n) is 18.5. The summed E-state index contributed by atoms with van der Waals surface area (Å²) in [5, 5.41) is 21.9. The van der Waals surface area contributed by atoms with Crippen LogP contribution in [0, 0.1) is 28.6 Å². The van der Waals surface area contributed by atoms with Crippen LogP contribution in [0.15, 0.2) is 11.6 Å². The number of fused-ring (bicyclic) bond motifs is 3. The van der Waals surface area contributed by atoms with Gasteiger partial charge in [0.15, 0.2) is 5.78 Å². The SMILES string of the molecule is COC(=O)CC[C@@]1(O)CC[C@H]2[C@@H]3[C@H](C(=O)O)CC4=CC(=O)CC[C@]4(C)[C@]34O[C@@H]4C[C@@]21C. The largest absolute Gasteiger partial charge is 0.481 e. The van der Waals surface area contributed by atoms with Crippen molar-refractivity contribution in [2.75, 3.05) is 7.11 Å². The number of aliphatic hydroxyl groups is 1. The van der Waals surface area contributed by atoms with E-state index < -0.39 is 28.5 Å². The molecule has 31 heavy (non-hydrogen) atoms. The number of carboxylic acid groups (broad SMARTS) is 1. The molecule has 0 aromatic carbocycles. The summed E-state index contributed by atoms with van der Waals surface area (Å²) in [6.45, 7) is 4.21. The highest BCUT2D eigenvalue weighted by molar-refractivity contribution is 5.92. The van der Waals surface area contributed by atoms with Gasteiger partial charge in [-0.1, -0.05) is 19.4 Å². The molecule has 1 spiro atoms. The first kappa shape index (κ1) is 21.1. The molecule has 1 heterocycles. The molecule has 7 nitrogen and oxygen atoms in total. The quantitative estimate of drug-likeness (QED) is 0.519. The molecular weight excluding hydrogens is 400 g/mol. The Balaban J connectivity index is 1.55. The minimum Gasteiger partial charge on any atom is -0.481 e. The summed E-state index contributed by atoms with van der Waals surface area (Å²) in [7, 11) is 1.35. The Hall–Kier alpha value is -1.73. The van der Waals surface area contributed by atoms with Crippen LogP contribution in [0.4, 0.5) is 0 Å². The molecular formula is C24H32O7. The molecule has 2 N–H and O–H groups in total. The normalized spacial score (nSPS) is 49.8. The van der Waals surface area contributed by atoms with Gasteiger partial charge in [-0.15, -0.1) is 0 Å². The first-order valence-corrected chi connectivity index (χ1v) is 11.5.